The number of nitrogens with two attached hydrogens (primary N) is 2. The minimum Gasteiger partial charge on any atom is -0.462 e. The van der Waals surface area contributed by atoms with Crippen molar-refractivity contribution in [3.8, 4) is 5.75 Å². The molecule has 0 saturated heterocycles. The molecule has 0 aromatic heterocycles. The Morgan fingerprint density at radius 1 is 0.821 bits per heavy atom. The van der Waals surface area contributed by atoms with Crippen LogP contribution in [0.1, 0.15) is 53.4 Å². The number of para-hydroxylation sites is 1. The first-order valence-electron chi connectivity index (χ1n) is 12.2. The van der Waals surface area contributed by atoms with Crippen molar-refractivity contribution in [1.82, 2.24) is 10.2 Å². The van der Waals surface area contributed by atoms with Gasteiger partial charge in [-0.05, 0) is 52.7 Å². The first kappa shape index (κ1) is 33.4. The number of ether oxygens (including phenoxy) is 2. The van der Waals surface area contributed by atoms with Crippen molar-refractivity contribution in [3.63, 3.8) is 0 Å². The molecule has 0 radical (unpaired) electrons. The quantitative estimate of drug-likeness (QED) is 0.0653. The van der Waals surface area contributed by atoms with Gasteiger partial charge < -0.3 is 25.7 Å². The van der Waals surface area contributed by atoms with Gasteiger partial charge in [0.05, 0.1) is 24.6 Å². The van der Waals surface area contributed by atoms with Gasteiger partial charge >= 0.3 is 19.6 Å². The number of esters is 2. The molecule has 1 rings (SSSR count). The van der Waals surface area contributed by atoms with Gasteiger partial charge in [-0.2, -0.15) is 10.2 Å². The highest BCUT2D eigenvalue weighted by atomic mass is 31.2. The molecule has 6 N–H and O–H groups in total. The molecule has 216 valence electrons. The van der Waals surface area contributed by atoms with Gasteiger partial charge in [-0.25, -0.2) is 14.7 Å². The molecular weight excluding hydrogens is 531 g/mol. The summed E-state index contributed by atoms with van der Waals surface area (Å²) in [4.78, 5) is 49.7. The zero-order valence-electron chi connectivity index (χ0n) is 22.4. The molecular formula is C24H37N6O8P. The molecule has 2 unspecified atom stereocenters. The summed E-state index contributed by atoms with van der Waals surface area (Å²) in [5, 5.41) is 11.6. The van der Waals surface area contributed by atoms with E-state index in [4.69, 9.17) is 25.7 Å². The van der Waals surface area contributed by atoms with E-state index in [1.165, 1.54) is 12.1 Å². The first-order chi connectivity index (χ1) is 18.4. The minimum atomic E-state index is -4.34. The number of carbonyl (C=O) groups excluding carboxylic acids is 4. The number of rotatable bonds is 18. The number of hydrazone groups is 2. The van der Waals surface area contributed by atoms with Crippen LogP contribution in [0.4, 0.5) is 0 Å². The second-order valence-electron chi connectivity index (χ2n) is 8.86. The van der Waals surface area contributed by atoms with E-state index in [1.54, 1.807) is 45.9 Å². The molecule has 0 bridgehead atoms. The van der Waals surface area contributed by atoms with Crippen LogP contribution >= 0.6 is 7.67 Å². The normalized spacial score (nSPS) is 14.7. The summed E-state index contributed by atoms with van der Waals surface area (Å²) in [6.07, 6.45) is 0.0417. The van der Waals surface area contributed by atoms with Gasteiger partial charge in [0.15, 0.2) is 11.6 Å². The molecule has 0 amide bonds. The van der Waals surface area contributed by atoms with Crippen molar-refractivity contribution in [2.24, 2.45) is 21.9 Å². The van der Waals surface area contributed by atoms with Gasteiger partial charge in [-0.1, -0.05) is 18.2 Å². The Morgan fingerprint density at radius 3 is 1.59 bits per heavy atom. The largest absolute Gasteiger partial charge is 0.462 e. The maximum Gasteiger partial charge on any atom is 0.391 e. The van der Waals surface area contributed by atoms with Gasteiger partial charge in [0.2, 0.25) is 0 Å². The first-order valence-corrected chi connectivity index (χ1v) is 13.8. The number of carbonyl (C=O) groups is 4. The Morgan fingerprint density at radius 2 is 1.23 bits per heavy atom. The predicted molar refractivity (Wildman–Crippen MR) is 145 cm³/mol. The molecule has 15 heteroatoms. The fourth-order valence-corrected chi connectivity index (χ4v) is 4.99. The third kappa shape index (κ3) is 13.7. The Balaban J connectivity index is 3.39. The molecule has 0 aliphatic rings. The molecule has 0 aliphatic carbocycles. The summed E-state index contributed by atoms with van der Waals surface area (Å²) in [5.74, 6) is 7.61. The Kier molecular flexibility index (Phi) is 14.6. The van der Waals surface area contributed by atoms with Gasteiger partial charge in [0, 0.05) is 12.8 Å². The number of benzene rings is 1. The molecule has 1 aromatic rings. The van der Waals surface area contributed by atoms with Crippen LogP contribution in [-0.4, -0.2) is 60.2 Å². The van der Waals surface area contributed by atoms with E-state index in [-0.39, 0.29) is 31.4 Å². The number of nitrogens with one attached hydrogen (secondary N) is 2. The van der Waals surface area contributed by atoms with Crippen LogP contribution in [0, 0.1) is 0 Å². The maximum absolute atomic E-state index is 14.2. The summed E-state index contributed by atoms with van der Waals surface area (Å²) in [5.41, 5.74) is 0. The number of ketones is 2. The molecule has 0 heterocycles. The number of Topliss-reactive ketones (excluding diaryl/α,β-unsaturated/α-hetero) is 2. The smallest absolute Gasteiger partial charge is 0.391 e. The second-order valence-corrected chi connectivity index (χ2v) is 10.7. The van der Waals surface area contributed by atoms with Gasteiger partial charge in [-0.15, -0.1) is 0 Å². The zero-order valence-corrected chi connectivity index (χ0v) is 23.3. The molecule has 2 atom stereocenters. The standard InChI is InChI=1S/C24H37N6O8P/c1-16(2)36-23(33)21(12-10-18(31)14-27-25)29-39(35,38-20-8-6-5-7-9-20)30-22(24(34)37-17(3)4)13-11-19(32)15-28-26/h5-9,14-17,21-22H,10-13,25-26H2,1-4H3,(H2,29,30,35)/b27-14-,28-15-. The van der Waals surface area contributed by atoms with E-state index in [1.807, 2.05) is 0 Å². The monoisotopic (exact) mass is 568 g/mol. The van der Waals surface area contributed by atoms with Gasteiger partial charge in [0.1, 0.15) is 17.8 Å². The zero-order chi connectivity index (χ0) is 29.4. The summed E-state index contributed by atoms with van der Waals surface area (Å²) >= 11 is 0. The predicted octanol–water partition coefficient (Wildman–Crippen LogP) is 1.58. The fourth-order valence-electron chi connectivity index (χ4n) is 3.10. The highest BCUT2D eigenvalue weighted by molar-refractivity contribution is 7.55. The lowest BCUT2D eigenvalue weighted by atomic mass is 10.1. The van der Waals surface area contributed by atoms with Crippen molar-refractivity contribution < 1.29 is 37.7 Å². The minimum absolute atomic E-state index is 0.144. The van der Waals surface area contributed by atoms with Crippen molar-refractivity contribution in [2.45, 2.75) is 77.7 Å². The highest BCUT2D eigenvalue weighted by Crippen LogP contribution is 2.41. The van der Waals surface area contributed by atoms with Crippen LogP contribution in [0.25, 0.3) is 0 Å². The third-order valence-corrected chi connectivity index (χ3v) is 6.47. The third-order valence-electron chi connectivity index (χ3n) is 4.70. The average molecular weight is 569 g/mol. The Hall–Kier alpha value is -3.61. The number of hydrogen-bond acceptors (Lipinski definition) is 12. The summed E-state index contributed by atoms with van der Waals surface area (Å²) < 4.78 is 30.5. The van der Waals surface area contributed by atoms with Crippen LogP contribution in [-0.2, 0) is 33.2 Å². The molecule has 0 saturated carbocycles. The fraction of sp³-hybridized carbons (Fsp3) is 0.500. The lowest BCUT2D eigenvalue weighted by Crippen LogP contribution is -2.46. The maximum atomic E-state index is 14.2. The Bertz CT molecular complexity index is 1000. The second kappa shape index (κ2) is 17.1. The van der Waals surface area contributed by atoms with Crippen molar-refractivity contribution in [3.05, 3.63) is 30.3 Å². The lowest BCUT2D eigenvalue weighted by Gasteiger charge is -2.29. The molecule has 1 aromatic carbocycles. The molecule has 0 aliphatic heterocycles. The number of hydrogen-bond donors (Lipinski definition) is 4. The summed E-state index contributed by atoms with van der Waals surface area (Å²) in [6, 6.07) is 5.38. The van der Waals surface area contributed by atoms with E-state index in [2.05, 4.69) is 20.4 Å². The summed E-state index contributed by atoms with van der Waals surface area (Å²) in [7, 11) is -4.34. The highest BCUT2D eigenvalue weighted by Gasteiger charge is 2.38. The van der Waals surface area contributed by atoms with Crippen LogP contribution in [0.5, 0.6) is 5.75 Å². The number of nitrogens with zero attached hydrogens (tertiary/aromatic N) is 2. The molecule has 0 spiro atoms. The van der Waals surface area contributed by atoms with E-state index >= 15 is 0 Å². The SMILES string of the molecule is CC(C)OC(=O)C(CCC(=O)/C=N\N)NP(=O)(NC(CCC(=O)/C=N\N)C(=O)OC(C)C)Oc1ccccc1. The van der Waals surface area contributed by atoms with E-state index in [0.717, 1.165) is 12.4 Å². The average Bonchev–Trinajstić information content (AvgIpc) is 2.84. The van der Waals surface area contributed by atoms with Crippen molar-refractivity contribution in [2.75, 3.05) is 0 Å². The van der Waals surface area contributed by atoms with E-state index < -0.39 is 55.5 Å². The molecule has 14 nitrogen and oxygen atoms in total. The van der Waals surface area contributed by atoms with Crippen LogP contribution < -0.4 is 26.4 Å². The topological polar surface area (TPSA) is 214 Å². The van der Waals surface area contributed by atoms with Crippen molar-refractivity contribution >= 4 is 43.6 Å². The molecule has 0 fully saturated rings. The van der Waals surface area contributed by atoms with Crippen LogP contribution in [0.15, 0.2) is 40.5 Å². The van der Waals surface area contributed by atoms with Crippen LogP contribution in [0.3, 0.4) is 0 Å². The van der Waals surface area contributed by atoms with Crippen molar-refractivity contribution in [1.29, 1.82) is 0 Å². The molecule has 39 heavy (non-hydrogen) atoms. The summed E-state index contributed by atoms with van der Waals surface area (Å²) in [6.45, 7) is 6.50. The van der Waals surface area contributed by atoms with E-state index in [9.17, 15) is 23.7 Å². The van der Waals surface area contributed by atoms with Gasteiger partial charge in [0.25, 0.3) is 0 Å². The van der Waals surface area contributed by atoms with Crippen LogP contribution in [0.2, 0.25) is 0 Å². The van der Waals surface area contributed by atoms with Gasteiger partial charge in [-0.3, -0.25) is 19.2 Å². The lowest BCUT2D eigenvalue weighted by molar-refractivity contribution is -0.150. The Labute approximate surface area is 227 Å². The van der Waals surface area contributed by atoms with E-state index in [0.29, 0.717) is 0 Å².